The number of ether oxygens (including phenoxy) is 2. The van der Waals surface area contributed by atoms with Crippen molar-refractivity contribution in [2.45, 2.75) is 38.7 Å². The van der Waals surface area contributed by atoms with Gasteiger partial charge in [0.05, 0.1) is 36.9 Å². The predicted molar refractivity (Wildman–Crippen MR) is 148 cm³/mol. The van der Waals surface area contributed by atoms with E-state index in [1.54, 1.807) is 41.0 Å². The van der Waals surface area contributed by atoms with Crippen molar-refractivity contribution in [3.05, 3.63) is 83.4 Å². The Morgan fingerprint density at radius 2 is 2.02 bits per heavy atom. The summed E-state index contributed by atoms with van der Waals surface area (Å²) in [5, 5.41) is 14.4. The molecule has 2 N–H and O–H groups in total. The molecule has 0 saturated heterocycles. The molecular weight excluding hydrogens is 529 g/mol. The number of fused-ring (bicyclic) bond motifs is 2. The third-order valence-corrected chi connectivity index (χ3v) is 6.96. The second kappa shape index (κ2) is 11.0. The number of hydrogen-bond acceptors (Lipinski definition) is 7. The molecule has 2 aromatic heterocycles. The Balaban J connectivity index is 1.40. The van der Waals surface area contributed by atoms with Crippen molar-refractivity contribution < 1.29 is 23.5 Å². The van der Waals surface area contributed by atoms with E-state index >= 15 is 0 Å². The van der Waals surface area contributed by atoms with E-state index in [2.05, 4.69) is 25.8 Å². The summed E-state index contributed by atoms with van der Waals surface area (Å²) in [5.74, 6) is -1.59. The number of rotatable bonds is 7. The molecule has 1 unspecified atom stereocenters. The standard InChI is InChI=1S/C29H28FN7O4/c1-17-11-12-37-29(41-17)22(24(35-37)19-15-31-36(16-19)13-14-40-2)27(38)34-26-28(39)33-25-20(9-6-10-21(25)30)23(32-26)18-7-4-3-5-8-18/h3-10,15-17,26H,11-14H2,1-2H3,(H,33,39)(H,34,38)/t17?,26-/m1/s1. The van der Waals surface area contributed by atoms with Crippen LogP contribution in [-0.4, -0.2) is 63.1 Å². The van der Waals surface area contributed by atoms with Crippen LogP contribution in [0.25, 0.3) is 11.3 Å². The van der Waals surface area contributed by atoms with E-state index in [0.29, 0.717) is 53.7 Å². The number of halogens is 1. The fourth-order valence-corrected chi connectivity index (χ4v) is 4.89. The van der Waals surface area contributed by atoms with Gasteiger partial charge in [0.25, 0.3) is 11.8 Å². The third kappa shape index (κ3) is 5.09. The first-order valence-electron chi connectivity index (χ1n) is 13.3. The normalized spacial score (nSPS) is 17.9. The molecule has 0 aliphatic carbocycles. The molecule has 2 aromatic carbocycles. The number of anilines is 1. The van der Waals surface area contributed by atoms with Crippen LogP contribution >= 0.6 is 0 Å². The minimum absolute atomic E-state index is 0.00100. The molecule has 6 rings (SSSR count). The molecule has 2 aliphatic heterocycles. The Labute approximate surface area is 235 Å². The van der Waals surface area contributed by atoms with Gasteiger partial charge < -0.3 is 20.1 Å². The summed E-state index contributed by atoms with van der Waals surface area (Å²) in [4.78, 5) is 31.9. The lowest BCUT2D eigenvalue weighted by molar-refractivity contribution is -0.117. The summed E-state index contributed by atoms with van der Waals surface area (Å²) < 4.78 is 29.4. The molecule has 11 nitrogen and oxygen atoms in total. The second-order valence-corrected chi connectivity index (χ2v) is 9.83. The van der Waals surface area contributed by atoms with Crippen LogP contribution in [0.15, 0.2) is 65.9 Å². The van der Waals surface area contributed by atoms with Crippen LogP contribution in [0.1, 0.15) is 34.8 Å². The van der Waals surface area contributed by atoms with Gasteiger partial charge in [0.15, 0.2) is 0 Å². The first kappa shape index (κ1) is 26.4. The number of carbonyl (C=O) groups is 2. The van der Waals surface area contributed by atoms with Gasteiger partial charge in [-0.3, -0.25) is 14.3 Å². The summed E-state index contributed by atoms with van der Waals surface area (Å²) in [5.41, 5.74) is 2.58. The average molecular weight is 558 g/mol. The average Bonchev–Trinajstić information content (AvgIpc) is 3.56. The van der Waals surface area contributed by atoms with Crippen LogP contribution in [0.5, 0.6) is 5.88 Å². The second-order valence-electron chi connectivity index (χ2n) is 9.83. The van der Waals surface area contributed by atoms with Crippen molar-refractivity contribution in [2.75, 3.05) is 19.0 Å². The number of amides is 2. The molecule has 0 bridgehead atoms. The van der Waals surface area contributed by atoms with Crippen molar-refractivity contribution in [3.63, 3.8) is 0 Å². The zero-order chi connectivity index (χ0) is 28.5. The van der Waals surface area contributed by atoms with E-state index < -0.39 is 23.8 Å². The molecule has 2 amide bonds. The lowest BCUT2D eigenvalue weighted by Gasteiger charge is -2.22. The number of aryl methyl sites for hydroxylation is 1. The molecule has 0 radical (unpaired) electrons. The fraction of sp³-hybridized carbons (Fsp3) is 0.276. The third-order valence-electron chi connectivity index (χ3n) is 6.96. The molecule has 0 fully saturated rings. The minimum Gasteiger partial charge on any atom is -0.474 e. The van der Waals surface area contributed by atoms with Gasteiger partial charge in [0, 0.05) is 43.0 Å². The summed E-state index contributed by atoms with van der Waals surface area (Å²) >= 11 is 0. The van der Waals surface area contributed by atoms with Gasteiger partial charge in [-0.25, -0.2) is 14.1 Å². The summed E-state index contributed by atoms with van der Waals surface area (Å²) in [6, 6.07) is 13.6. The number of aromatic nitrogens is 4. The Kier molecular flexibility index (Phi) is 7.06. The maximum atomic E-state index is 14.9. The number of methoxy groups -OCH3 is 1. The first-order valence-corrected chi connectivity index (χ1v) is 13.3. The topological polar surface area (TPSA) is 125 Å². The van der Waals surface area contributed by atoms with E-state index in [1.807, 2.05) is 37.3 Å². The first-order chi connectivity index (χ1) is 19.9. The number of para-hydroxylation sites is 1. The van der Waals surface area contributed by atoms with Gasteiger partial charge in [-0.2, -0.15) is 10.2 Å². The zero-order valence-corrected chi connectivity index (χ0v) is 22.5. The van der Waals surface area contributed by atoms with Crippen molar-refractivity contribution in [1.29, 1.82) is 0 Å². The number of nitrogens with one attached hydrogen (secondary N) is 2. The van der Waals surface area contributed by atoms with Gasteiger partial charge in [0.2, 0.25) is 12.0 Å². The molecule has 4 heterocycles. The van der Waals surface area contributed by atoms with Crippen LogP contribution in [-0.2, 0) is 22.6 Å². The van der Waals surface area contributed by atoms with Crippen LogP contribution in [0.4, 0.5) is 10.1 Å². The van der Waals surface area contributed by atoms with Crippen LogP contribution in [0.3, 0.4) is 0 Å². The highest BCUT2D eigenvalue weighted by atomic mass is 19.1. The summed E-state index contributed by atoms with van der Waals surface area (Å²) in [6.07, 6.45) is 2.62. The minimum atomic E-state index is -1.36. The number of carbonyl (C=O) groups excluding carboxylic acids is 2. The molecule has 210 valence electrons. The molecule has 2 atom stereocenters. The van der Waals surface area contributed by atoms with Gasteiger partial charge in [-0.05, 0) is 13.0 Å². The van der Waals surface area contributed by atoms with Crippen molar-refractivity contribution in [3.8, 4) is 17.1 Å². The van der Waals surface area contributed by atoms with Crippen molar-refractivity contribution >= 4 is 23.2 Å². The summed E-state index contributed by atoms with van der Waals surface area (Å²) in [6.45, 7) is 3.47. The molecule has 41 heavy (non-hydrogen) atoms. The van der Waals surface area contributed by atoms with E-state index in [1.165, 1.54) is 6.07 Å². The highest BCUT2D eigenvalue weighted by molar-refractivity contribution is 6.20. The molecule has 0 spiro atoms. The lowest BCUT2D eigenvalue weighted by atomic mass is 10.0. The predicted octanol–water partition coefficient (Wildman–Crippen LogP) is 3.25. The number of hydrogen-bond donors (Lipinski definition) is 2. The van der Waals surface area contributed by atoms with Crippen molar-refractivity contribution in [1.82, 2.24) is 24.9 Å². The summed E-state index contributed by atoms with van der Waals surface area (Å²) in [7, 11) is 1.61. The number of benzene rings is 2. The fourth-order valence-electron chi connectivity index (χ4n) is 4.89. The molecule has 12 heteroatoms. The van der Waals surface area contributed by atoms with Gasteiger partial charge in [-0.1, -0.05) is 42.5 Å². The maximum Gasteiger partial charge on any atom is 0.269 e. The highest BCUT2D eigenvalue weighted by Gasteiger charge is 2.34. The maximum absolute atomic E-state index is 14.9. The highest BCUT2D eigenvalue weighted by Crippen LogP contribution is 2.34. The Hall–Kier alpha value is -4.84. The smallest absolute Gasteiger partial charge is 0.269 e. The molecule has 0 saturated carbocycles. The van der Waals surface area contributed by atoms with E-state index in [9.17, 15) is 14.0 Å². The monoisotopic (exact) mass is 557 g/mol. The molecule has 4 aromatic rings. The Bertz CT molecular complexity index is 1650. The van der Waals surface area contributed by atoms with Crippen LogP contribution in [0.2, 0.25) is 0 Å². The van der Waals surface area contributed by atoms with E-state index in [-0.39, 0.29) is 17.4 Å². The van der Waals surface area contributed by atoms with Gasteiger partial charge in [0.1, 0.15) is 17.1 Å². The zero-order valence-electron chi connectivity index (χ0n) is 22.5. The van der Waals surface area contributed by atoms with Gasteiger partial charge in [-0.15, -0.1) is 0 Å². The number of benzodiazepines with no additional fused rings is 1. The van der Waals surface area contributed by atoms with E-state index in [4.69, 9.17) is 9.47 Å². The SMILES string of the molecule is COCCn1cc(-c2nn3c(c2C(=O)N[C@H]2N=C(c4ccccc4)c4cccc(F)c4NC2=O)OC(C)CC3)cn1. The number of aliphatic imine (C=N–C) groups is 1. The molecule has 2 aliphatic rings. The van der Waals surface area contributed by atoms with E-state index in [0.717, 1.165) is 6.42 Å². The lowest BCUT2D eigenvalue weighted by Crippen LogP contribution is -2.42. The number of nitrogens with zero attached hydrogens (tertiary/aromatic N) is 5. The Morgan fingerprint density at radius 3 is 2.83 bits per heavy atom. The van der Waals surface area contributed by atoms with Crippen molar-refractivity contribution in [2.24, 2.45) is 4.99 Å². The quantitative estimate of drug-likeness (QED) is 0.360. The van der Waals surface area contributed by atoms with Crippen LogP contribution < -0.4 is 15.4 Å². The van der Waals surface area contributed by atoms with Gasteiger partial charge >= 0.3 is 0 Å². The van der Waals surface area contributed by atoms with Crippen LogP contribution in [0, 0.1) is 5.82 Å². The largest absolute Gasteiger partial charge is 0.474 e. The Morgan fingerprint density at radius 1 is 1.20 bits per heavy atom. The molecular formula is C29H28FN7O4.